The molecule has 0 radical (unpaired) electrons. The molecule has 8 heteroatoms. The number of rotatable bonds is 3. The van der Waals surface area contributed by atoms with Gasteiger partial charge in [-0.3, -0.25) is 4.90 Å². The number of nitrogens with one attached hydrogen (secondary N) is 1. The van der Waals surface area contributed by atoms with Crippen molar-refractivity contribution < 1.29 is 13.9 Å². The number of likely N-dealkylation sites (tertiary alicyclic amines) is 1. The first kappa shape index (κ1) is 18.9. The topological polar surface area (TPSA) is 70.0 Å². The molecule has 0 aromatic carbocycles. The van der Waals surface area contributed by atoms with E-state index in [1.54, 1.807) is 13.1 Å². The van der Waals surface area contributed by atoms with Gasteiger partial charge in [0.2, 0.25) is 0 Å². The maximum absolute atomic E-state index is 13.5. The Hall–Kier alpha value is -2.06. The molecule has 1 atom stereocenters. The fraction of sp³-hybridized carbons (Fsp3) is 0.619. The lowest BCUT2D eigenvalue weighted by Gasteiger charge is -2.41. The number of halogens is 2. The van der Waals surface area contributed by atoms with Crippen LogP contribution < -0.4 is 0 Å². The molecule has 1 saturated carbocycles. The van der Waals surface area contributed by atoms with E-state index in [0.717, 1.165) is 47.8 Å². The Balaban J connectivity index is 1.42. The standard InChI is InChI=1S/C21H27F2N5O/c1-13(29)20-26-17-12-25-19-16(6-9-24-19)18(17)28(20)15-4-2-14(3-5-15)27-10-7-21(22,23)8-11-27/h6,9,12-15,29H,2-5,7-8,10-11H2,1H3,(H,24,25). The molecule has 0 amide bonds. The molecule has 1 aliphatic heterocycles. The second kappa shape index (κ2) is 7.02. The number of nitrogens with zero attached hydrogens (tertiary/aromatic N) is 4. The molecule has 1 saturated heterocycles. The lowest BCUT2D eigenvalue weighted by molar-refractivity contribution is -0.0664. The summed E-state index contributed by atoms with van der Waals surface area (Å²) in [5, 5.41) is 11.4. The van der Waals surface area contributed by atoms with E-state index in [9.17, 15) is 13.9 Å². The molecule has 3 aromatic heterocycles. The van der Waals surface area contributed by atoms with Crippen molar-refractivity contribution >= 4 is 22.1 Å². The predicted molar refractivity (Wildman–Crippen MR) is 107 cm³/mol. The van der Waals surface area contributed by atoms with Crippen LogP contribution in [0.25, 0.3) is 22.1 Å². The summed E-state index contributed by atoms with van der Waals surface area (Å²) in [5.74, 6) is -1.82. The van der Waals surface area contributed by atoms with Gasteiger partial charge >= 0.3 is 0 Å². The van der Waals surface area contributed by atoms with Gasteiger partial charge in [0.05, 0.1) is 11.7 Å². The minimum atomic E-state index is -2.49. The summed E-state index contributed by atoms with van der Waals surface area (Å²) in [6, 6.07) is 2.63. The number of hydrogen-bond acceptors (Lipinski definition) is 4. The van der Waals surface area contributed by atoms with Gasteiger partial charge in [-0.05, 0) is 38.7 Å². The average molecular weight is 403 g/mol. The number of fused-ring (bicyclic) bond motifs is 3. The second-order valence-electron chi connectivity index (χ2n) is 8.60. The Kier molecular flexibility index (Phi) is 4.58. The van der Waals surface area contributed by atoms with Gasteiger partial charge in [0.1, 0.15) is 23.1 Å². The van der Waals surface area contributed by atoms with Gasteiger partial charge in [-0.1, -0.05) is 0 Å². The quantitative estimate of drug-likeness (QED) is 0.688. The Bertz CT molecular complexity index is 1010. The third-order valence-corrected chi connectivity index (χ3v) is 6.71. The van der Waals surface area contributed by atoms with Crippen LogP contribution in [0, 0.1) is 0 Å². The van der Waals surface area contributed by atoms with Crippen LogP contribution in [0.4, 0.5) is 8.78 Å². The van der Waals surface area contributed by atoms with E-state index < -0.39 is 12.0 Å². The Morgan fingerprint density at radius 3 is 2.55 bits per heavy atom. The van der Waals surface area contributed by atoms with Crippen molar-refractivity contribution in [1.29, 1.82) is 0 Å². The molecule has 1 aliphatic carbocycles. The van der Waals surface area contributed by atoms with E-state index in [1.165, 1.54) is 0 Å². The smallest absolute Gasteiger partial charge is 0.250 e. The van der Waals surface area contributed by atoms with E-state index >= 15 is 0 Å². The summed E-state index contributed by atoms with van der Waals surface area (Å²) in [7, 11) is 0. The molecule has 4 heterocycles. The first-order chi connectivity index (χ1) is 13.9. The first-order valence-electron chi connectivity index (χ1n) is 10.6. The number of H-pyrrole nitrogens is 1. The molecule has 0 bridgehead atoms. The molecule has 5 rings (SSSR count). The highest BCUT2D eigenvalue weighted by atomic mass is 19.3. The molecule has 6 nitrogen and oxygen atoms in total. The van der Waals surface area contributed by atoms with Gasteiger partial charge in [0, 0.05) is 49.6 Å². The van der Waals surface area contributed by atoms with Crippen molar-refractivity contribution in [3.63, 3.8) is 0 Å². The summed E-state index contributed by atoms with van der Waals surface area (Å²) in [6.07, 6.45) is 6.79. The van der Waals surface area contributed by atoms with Crippen LogP contribution >= 0.6 is 0 Å². The normalized spacial score (nSPS) is 26.9. The Morgan fingerprint density at radius 1 is 1.17 bits per heavy atom. The van der Waals surface area contributed by atoms with Gasteiger partial charge in [-0.2, -0.15) is 0 Å². The lowest BCUT2D eigenvalue weighted by atomic mass is 9.88. The summed E-state index contributed by atoms with van der Waals surface area (Å²) < 4.78 is 29.2. The molecule has 29 heavy (non-hydrogen) atoms. The van der Waals surface area contributed by atoms with Gasteiger partial charge in [-0.25, -0.2) is 18.7 Å². The third-order valence-electron chi connectivity index (χ3n) is 6.71. The van der Waals surface area contributed by atoms with Crippen LogP contribution in [0.1, 0.15) is 63.4 Å². The van der Waals surface area contributed by atoms with Crippen LogP contribution in [-0.4, -0.2) is 54.6 Å². The Morgan fingerprint density at radius 2 is 1.86 bits per heavy atom. The van der Waals surface area contributed by atoms with Crippen molar-refractivity contribution in [3.05, 3.63) is 24.3 Å². The molecular weight excluding hydrogens is 376 g/mol. The zero-order valence-corrected chi connectivity index (χ0v) is 16.6. The van der Waals surface area contributed by atoms with Crippen molar-refractivity contribution in [1.82, 2.24) is 24.4 Å². The zero-order chi connectivity index (χ0) is 20.2. The maximum Gasteiger partial charge on any atom is 0.250 e. The molecule has 2 fully saturated rings. The average Bonchev–Trinajstić information content (AvgIpc) is 3.32. The summed E-state index contributed by atoms with van der Waals surface area (Å²) in [5.41, 5.74) is 2.64. The van der Waals surface area contributed by atoms with Crippen molar-refractivity contribution in [2.45, 2.75) is 69.6 Å². The number of aliphatic hydroxyl groups is 1. The number of piperidine rings is 1. The molecule has 2 aliphatic rings. The van der Waals surface area contributed by atoms with Crippen molar-refractivity contribution in [2.24, 2.45) is 0 Å². The summed E-state index contributed by atoms with van der Waals surface area (Å²) in [6.45, 7) is 2.73. The lowest BCUT2D eigenvalue weighted by Crippen LogP contribution is -2.46. The highest BCUT2D eigenvalue weighted by Crippen LogP contribution is 2.39. The zero-order valence-electron chi connectivity index (χ0n) is 16.6. The number of alkyl halides is 2. The van der Waals surface area contributed by atoms with Crippen LogP contribution in [0.15, 0.2) is 18.5 Å². The number of hydrogen-bond donors (Lipinski definition) is 2. The number of pyridine rings is 1. The molecule has 2 N–H and O–H groups in total. The van der Waals surface area contributed by atoms with Crippen molar-refractivity contribution in [3.8, 4) is 0 Å². The van der Waals surface area contributed by atoms with Crippen LogP contribution in [0.5, 0.6) is 0 Å². The maximum atomic E-state index is 13.5. The first-order valence-corrected chi connectivity index (χ1v) is 10.6. The SMILES string of the molecule is CC(O)c1nc2cnc3[nH]ccc3c2n1C1CCC(N2CCC(F)(F)CC2)CC1. The van der Waals surface area contributed by atoms with E-state index in [2.05, 4.69) is 24.4 Å². The third kappa shape index (κ3) is 3.32. The largest absolute Gasteiger partial charge is 0.385 e. The molecule has 0 spiro atoms. The number of aromatic amines is 1. The molecule has 156 valence electrons. The van der Waals surface area contributed by atoms with Crippen LogP contribution in [0.2, 0.25) is 0 Å². The second-order valence-corrected chi connectivity index (χ2v) is 8.60. The highest BCUT2D eigenvalue weighted by molar-refractivity contribution is 6.01. The van der Waals surface area contributed by atoms with E-state index in [-0.39, 0.29) is 18.9 Å². The predicted octanol–water partition coefficient (Wildman–Crippen LogP) is 4.18. The van der Waals surface area contributed by atoms with Gasteiger partial charge in [0.25, 0.3) is 5.92 Å². The molecule has 3 aromatic rings. The Labute approximate surface area is 167 Å². The van der Waals surface area contributed by atoms with E-state index in [1.807, 2.05) is 12.3 Å². The van der Waals surface area contributed by atoms with E-state index in [4.69, 9.17) is 0 Å². The van der Waals surface area contributed by atoms with Crippen LogP contribution in [0.3, 0.4) is 0 Å². The van der Waals surface area contributed by atoms with Crippen molar-refractivity contribution in [2.75, 3.05) is 13.1 Å². The number of imidazole rings is 1. The fourth-order valence-corrected chi connectivity index (χ4v) is 5.17. The van der Waals surface area contributed by atoms with Gasteiger partial charge < -0.3 is 14.7 Å². The summed E-state index contributed by atoms with van der Waals surface area (Å²) in [4.78, 5) is 14.5. The van der Waals surface area contributed by atoms with Gasteiger partial charge in [0.15, 0.2) is 0 Å². The number of aliphatic hydroxyl groups excluding tert-OH is 1. The van der Waals surface area contributed by atoms with Gasteiger partial charge in [-0.15, -0.1) is 0 Å². The monoisotopic (exact) mass is 403 g/mol. The van der Waals surface area contributed by atoms with E-state index in [0.29, 0.717) is 25.0 Å². The highest BCUT2D eigenvalue weighted by Gasteiger charge is 2.37. The minimum absolute atomic E-state index is 0.0241. The summed E-state index contributed by atoms with van der Waals surface area (Å²) >= 11 is 0. The minimum Gasteiger partial charge on any atom is -0.385 e. The fourth-order valence-electron chi connectivity index (χ4n) is 5.17. The molecular formula is C21H27F2N5O. The number of aromatic nitrogens is 4. The van der Waals surface area contributed by atoms with Crippen LogP contribution in [-0.2, 0) is 0 Å². The molecule has 1 unspecified atom stereocenters.